The van der Waals surface area contributed by atoms with Gasteiger partial charge >= 0.3 is 5.97 Å². The minimum Gasteiger partial charge on any atom is -0.481 e. The summed E-state index contributed by atoms with van der Waals surface area (Å²) in [5.41, 5.74) is 0. The molecule has 0 aliphatic carbocycles. The molecule has 0 saturated carbocycles. The number of rotatable bonds is 8. The van der Waals surface area contributed by atoms with Crippen LogP contribution in [0, 0.1) is 5.92 Å². The molecule has 4 nitrogen and oxygen atoms in total. The van der Waals surface area contributed by atoms with Crippen molar-refractivity contribution in [3.05, 3.63) is 22.4 Å². The summed E-state index contributed by atoms with van der Waals surface area (Å²) in [4.78, 5) is 23.3. The first-order valence-corrected chi connectivity index (χ1v) is 7.72. The van der Waals surface area contributed by atoms with E-state index in [1.54, 1.807) is 30.0 Å². The first-order chi connectivity index (χ1) is 8.59. The number of hydrogen-bond donors (Lipinski definition) is 2. The van der Waals surface area contributed by atoms with Gasteiger partial charge in [-0.2, -0.15) is 0 Å². The third-order valence-corrected chi connectivity index (χ3v) is 4.42. The van der Waals surface area contributed by atoms with Crippen molar-refractivity contribution >= 4 is 35.0 Å². The summed E-state index contributed by atoms with van der Waals surface area (Å²) in [5, 5.41) is 13.4. The van der Waals surface area contributed by atoms with Crippen molar-refractivity contribution in [3.63, 3.8) is 0 Å². The van der Waals surface area contributed by atoms with E-state index in [0.717, 1.165) is 5.75 Å². The fourth-order valence-electron chi connectivity index (χ4n) is 1.24. The van der Waals surface area contributed by atoms with Gasteiger partial charge in [0.15, 0.2) is 0 Å². The Morgan fingerprint density at radius 2 is 2.33 bits per heavy atom. The third-order valence-electron chi connectivity index (χ3n) is 2.38. The van der Waals surface area contributed by atoms with Crippen LogP contribution in [0.5, 0.6) is 0 Å². The van der Waals surface area contributed by atoms with E-state index >= 15 is 0 Å². The number of carboxylic acid groups (broad SMARTS) is 1. The lowest BCUT2D eigenvalue weighted by Gasteiger charge is -2.07. The molecular formula is C12H17NO3S2. The lowest BCUT2D eigenvalue weighted by atomic mass is 10.1. The normalized spacial score (nSPS) is 12.1. The topological polar surface area (TPSA) is 66.4 Å². The summed E-state index contributed by atoms with van der Waals surface area (Å²) in [6.45, 7) is 2.06. The maximum Gasteiger partial charge on any atom is 0.306 e. The van der Waals surface area contributed by atoms with Gasteiger partial charge in [-0.3, -0.25) is 9.59 Å². The lowest BCUT2D eigenvalue weighted by Crippen LogP contribution is -2.28. The Kier molecular flexibility index (Phi) is 6.82. The largest absolute Gasteiger partial charge is 0.481 e. The fourth-order valence-corrected chi connectivity index (χ4v) is 2.94. The Morgan fingerprint density at radius 1 is 1.56 bits per heavy atom. The molecule has 6 heteroatoms. The molecule has 1 aromatic rings. The van der Waals surface area contributed by atoms with Crippen LogP contribution in [0.1, 0.15) is 18.2 Å². The highest BCUT2D eigenvalue weighted by Gasteiger charge is 2.10. The minimum absolute atomic E-state index is 0.0332. The number of thioether (sulfide) groups is 1. The number of carbonyl (C=O) groups is 2. The summed E-state index contributed by atoms with van der Waals surface area (Å²) in [5.74, 6) is -0.00906. The van der Waals surface area contributed by atoms with Crippen molar-refractivity contribution < 1.29 is 14.7 Å². The highest BCUT2D eigenvalue weighted by atomic mass is 32.2. The van der Waals surface area contributed by atoms with Gasteiger partial charge in [0.1, 0.15) is 0 Å². The zero-order valence-corrected chi connectivity index (χ0v) is 11.9. The SMILES string of the molecule is CC(CCNC(=O)CSCc1cccs1)C(=O)O. The summed E-state index contributed by atoms with van der Waals surface area (Å²) >= 11 is 3.25. The van der Waals surface area contributed by atoms with Crippen LogP contribution in [-0.4, -0.2) is 29.3 Å². The Balaban J connectivity index is 2.05. The van der Waals surface area contributed by atoms with Crippen LogP contribution >= 0.6 is 23.1 Å². The third kappa shape index (κ3) is 6.07. The molecule has 0 spiro atoms. The number of carbonyl (C=O) groups excluding carboxylic acids is 1. The van der Waals surface area contributed by atoms with Gasteiger partial charge in [-0.1, -0.05) is 13.0 Å². The predicted octanol–water partition coefficient (Wildman–Crippen LogP) is 2.21. The first kappa shape index (κ1) is 15.0. The molecule has 0 aliphatic heterocycles. The van der Waals surface area contributed by atoms with E-state index in [1.807, 2.05) is 17.5 Å². The lowest BCUT2D eigenvalue weighted by molar-refractivity contribution is -0.141. The second-order valence-corrected chi connectivity index (χ2v) is 5.97. The quantitative estimate of drug-likeness (QED) is 0.769. The number of hydrogen-bond acceptors (Lipinski definition) is 4. The van der Waals surface area contributed by atoms with Crippen molar-refractivity contribution in [2.24, 2.45) is 5.92 Å². The minimum atomic E-state index is -0.823. The van der Waals surface area contributed by atoms with Gasteiger partial charge in [0.25, 0.3) is 0 Å². The highest BCUT2D eigenvalue weighted by Crippen LogP contribution is 2.16. The second kappa shape index (κ2) is 8.16. The molecular weight excluding hydrogens is 270 g/mol. The molecule has 1 aromatic heterocycles. The van der Waals surface area contributed by atoms with Crippen molar-refractivity contribution in [1.82, 2.24) is 5.32 Å². The van der Waals surface area contributed by atoms with Gasteiger partial charge in [-0.05, 0) is 17.9 Å². The van der Waals surface area contributed by atoms with E-state index in [4.69, 9.17) is 5.11 Å². The Hall–Kier alpha value is -1.01. The maximum absolute atomic E-state index is 11.4. The van der Waals surface area contributed by atoms with Crippen LogP contribution in [0.2, 0.25) is 0 Å². The van der Waals surface area contributed by atoms with Crippen LogP contribution in [0.3, 0.4) is 0 Å². The molecule has 1 heterocycles. The van der Waals surface area contributed by atoms with Crippen molar-refractivity contribution in [2.45, 2.75) is 19.1 Å². The molecule has 0 aliphatic rings. The molecule has 2 N–H and O–H groups in total. The Morgan fingerprint density at radius 3 is 2.94 bits per heavy atom. The smallest absolute Gasteiger partial charge is 0.306 e. The molecule has 0 bridgehead atoms. The summed E-state index contributed by atoms with van der Waals surface area (Å²) in [6, 6.07) is 4.04. The monoisotopic (exact) mass is 287 g/mol. The van der Waals surface area contributed by atoms with Gasteiger partial charge in [0.05, 0.1) is 11.7 Å². The zero-order valence-electron chi connectivity index (χ0n) is 10.2. The van der Waals surface area contributed by atoms with E-state index in [-0.39, 0.29) is 5.91 Å². The Labute approximate surface area is 115 Å². The summed E-state index contributed by atoms with van der Waals surface area (Å²) < 4.78 is 0. The second-order valence-electron chi connectivity index (χ2n) is 3.95. The van der Waals surface area contributed by atoms with Gasteiger partial charge < -0.3 is 10.4 Å². The van der Waals surface area contributed by atoms with Gasteiger partial charge in [0.2, 0.25) is 5.91 Å². The molecule has 0 aromatic carbocycles. The highest BCUT2D eigenvalue weighted by molar-refractivity contribution is 7.99. The maximum atomic E-state index is 11.4. The number of thiophene rings is 1. The van der Waals surface area contributed by atoms with Gasteiger partial charge in [-0.25, -0.2) is 0 Å². The molecule has 0 fully saturated rings. The number of aliphatic carboxylic acids is 1. The molecule has 1 atom stereocenters. The fraction of sp³-hybridized carbons (Fsp3) is 0.500. The summed E-state index contributed by atoms with van der Waals surface area (Å²) in [6.07, 6.45) is 0.469. The van der Waals surface area contributed by atoms with Crippen molar-refractivity contribution in [1.29, 1.82) is 0 Å². The number of nitrogens with one attached hydrogen (secondary N) is 1. The average molecular weight is 287 g/mol. The van der Waals surface area contributed by atoms with Crippen LogP contribution in [-0.2, 0) is 15.3 Å². The predicted molar refractivity (Wildman–Crippen MR) is 74.9 cm³/mol. The van der Waals surface area contributed by atoms with Crippen LogP contribution in [0.15, 0.2) is 17.5 Å². The van der Waals surface area contributed by atoms with E-state index in [0.29, 0.717) is 18.7 Å². The Bertz CT molecular complexity index is 379. The molecule has 100 valence electrons. The van der Waals surface area contributed by atoms with E-state index in [9.17, 15) is 9.59 Å². The van der Waals surface area contributed by atoms with E-state index in [2.05, 4.69) is 5.32 Å². The summed E-state index contributed by atoms with van der Waals surface area (Å²) in [7, 11) is 0. The van der Waals surface area contributed by atoms with Crippen LogP contribution in [0.25, 0.3) is 0 Å². The molecule has 1 amide bonds. The van der Waals surface area contributed by atoms with E-state index in [1.165, 1.54) is 4.88 Å². The van der Waals surface area contributed by atoms with Crippen molar-refractivity contribution in [2.75, 3.05) is 12.3 Å². The molecule has 18 heavy (non-hydrogen) atoms. The standard InChI is InChI=1S/C12H17NO3S2/c1-9(12(15)16)4-5-13-11(14)8-17-7-10-3-2-6-18-10/h2-3,6,9H,4-5,7-8H2,1H3,(H,13,14)(H,15,16). The number of carboxylic acids is 1. The van der Waals surface area contributed by atoms with Crippen LogP contribution in [0.4, 0.5) is 0 Å². The van der Waals surface area contributed by atoms with Gasteiger partial charge in [0, 0.05) is 17.2 Å². The zero-order chi connectivity index (χ0) is 13.4. The van der Waals surface area contributed by atoms with Crippen molar-refractivity contribution in [3.8, 4) is 0 Å². The molecule has 1 unspecified atom stereocenters. The number of amides is 1. The molecule has 1 rings (SSSR count). The average Bonchev–Trinajstić information content (AvgIpc) is 2.81. The van der Waals surface area contributed by atoms with Crippen LogP contribution < -0.4 is 5.32 Å². The first-order valence-electron chi connectivity index (χ1n) is 5.69. The molecule has 0 radical (unpaired) electrons. The van der Waals surface area contributed by atoms with Gasteiger partial charge in [-0.15, -0.1) is 23.1 Å². The molecule has 0 saturated heterocycles. The van der Waals surface area contributed by atoms with E-state index < -0.39 is 11.9 Å².